The van der Waals surface area contributed by atoms with Crippen molar-refractivity contribution in [1.82, 2.24) is 0 Å². The van der Waals surface area contributed by atoms with Crippen molar-refractivity contribution in [2.24, 2.45) is 10.8 Å². The van der Waals surface area contributed by atoms with E-state index in [9.17, 15) is 9.59 Å². The fourth-order valence-electron chi connectivity index (χ4n) is 2.71. The van der Waals surface area contributed by atoms with E-state index in [-0.39, 0.29) is 22.8 Å². The van der Waals surface area contributed by atoms with E-state index in [1.54, 1.807) is 0 Å². The summed E-state index contributed by atoms with van der Waals surface area (Å²) in [5.74, 6) is -0.390. The van der Waals surface area contributed by atoms with Gasteiger partial charge in [-0.25, -0.2) is 0 Å². The number of hydrogen-bond acceptors (Lipinski definition) is 6. The summed E-state index contributed by atoms with van der Waals surface area (Å²) in [6.07, 6.45) is 3.89. The van der Waals surface area contributed by atoms with E-state index in [0.29, 0.717) is 65.3 Å². The summed E-state index contributed by atoms with van der Waals surface area (Å²) in [5, 5.41) is 0. The molecule has 138 valence electrons. The second-order valence-electron chi connectivity index (χ2n) is 7.22. The van der Waals surface area contributed by atoms with Crippen LogP contribution in [0.15, 0.2) is 0 Å². The summed E-state index contributed by atoms with van der Waals surface area (Å²) in [6, 6.07) is 0. The minimum Gasteiger partial charge on any atom is -0.465 e. The van der Waals surface area contributed by atoms with Crippen LogP contribution in [0.25, 0.3) is 0 Å². The average Bonchev–Trinajstić information content (AvgIpc) is 2.50. The van der Waals surface area contributed by atoms with Gasteiger partial charge in [0.1, 0.15) is 13.2 Å². The van der Waals surface area contributed by atoms with Gasteiger partial charge in [-0.3, -0.25) is 9.59 Å². The highest BCUT2D eigenvalue weighted by Gasteiger charge is 2.39. The Labute approximate surface area is 144 Å². The van der Waals surface area contributed by atoms with Crippen LogP contribution in [-0.4, -0.2) is 51.6 Å². The van der Waals surface area contributed by atoms with Crippen molar-refractivity contribution in [1.29, 1.82) is 0 Å². The molecule has 0 N–H and O–H groups in total. The summed E-state index contributed by atoms with van der Waals surface area (Å²) in [7, 11) is 0. The monoisotopic (exact) mass is 342 g/mol. The Kier molecular flexibility index (Phi) is 7.04. The van der Waals surface area contributed by atoms with Gasteiger partial charge < -0.3 is 18.9 Å². The second kappa shape index (κ2) is 8.81. The molecule has 0 unspecified atom stereocenters. The molecule has 0 aromatic heterocycles. The first kappa shape index (κ1) is 19.2. The number of carbonyl (C=O) groups is 2. The molecule has 0 spiro atoms. The van der Waals surface area contributed by atoms with Crippen LogP contribution in [0.1, 0.15) is 52.4 Å². The van der Waals surface area contributed by atoms with E-state index in [1.165, 1.54) is 0 Å². The maximum absolute atomic E-state index is 11.7. The zero-order valence-electron chi connectivity index (χ0n) is 14.9. The molecule has 24 heavy (non-hydrogen) atoms. The molecule has 2 aliphatic rings. The normalized spacial score (nSPS) is 20.6. The minimum absolute atomic E-state index is 0.0277. The predicted octanol–water partition coefficient (Wildman–Crippen LogP) is 2.49. The van der Waals surface area contributed by atoms with E-state index in [1.807, 2.05) is 0 Å². The van der Waals surface area contributed by atoms with Gasteiger partial charge in [-0.05, 0) is 25.7 Å². The molecule has 2 rings (SSSR count). The third-order valence-corrected chi connectivity index (χ3v) is 5.22. The lowest BCUT2D eigenvalue weighted by molar-refractivity contribution is -0.172. The zero-order chi connectivity index (χ0) is 17.5. The largest absolute Gasteiger partial charge is 0.465 e. The van der Waals surface area contributed by atoms with Crippen molar-refractivity contribution in [2.45, 2.75) is 52.4 Å². The van der Waals surface area contributed by atoms with Crippen LogP contribution >= 0.6 is 0 Å². The van der Waals surface area contributed by atoms with Crippen molar-refractivity contribution in [3.63, 3.8) is 0 Å². The summed E-state index contributed by atoms with van der Waals surface area (Å²) in [5.41, 5.74) is 0.0554. The van der Waals surface area contributed by atoms with Crippen molar-refractivity contribution in [2.75, 3.05) is 39.6 Å². The fourth-order valence-corrected chi connectivity index (χ4v) is 2.71. The Morgan fingerprint density at radius 2 is 1.17 bits per heavy atom. The van der Waals surface area contributed by atoms with Crippen LogP contribution in [0.3, 0.4) is 0 Å². The Bertz CT molecular complexity index is 374. The highest BCUT2D eigenvalue weighted by atomic mass is 16.6. The number of esters is 2. The van der Waals surface area contributed by atoms with E-state index in [2.05, 4.69) is 13.8 Å². The van der Waals surface area contributed by atoms with Crippen LogP contribution in [0.5, 0.6) is 0 Å². The molecule has 0 aliphatic carbocycles. The minimum atomic E-state index is -0.195. The SMILES string of the molecule is CCC1(COC(=O)CCCCC(=O)OCC2(CC)COC2)COC1. The molecule has 6 heteroatoms. The average molecular weight is 342 g/mol. The number of hydrogen-bond donors (Lipinski definition) is 0. The molecule has 2 saturated heterocycles. The van der Waals surface area contributed by atoms with E-state index in [4.69, 9.17) is 18.9 Å². The van der Waals surface area contributed by atoms with Gasteiger partial charge in [-0.15, -0.1) is 0 Å². The van der Waals surface area contributed by atoms with Crippen LogP contribution in [-0.2, 0) is 28.5 Å². The van der Waals surface area contributed by atoms with Gasteiger partial charge in [0.05, 0.1) is 37.3 Å². The van der Waals surface area contributed by atoms with Gasteiger partial charge in [0.2, 0.25) is 0 Å². The van der Waals surface area contributed by atoms with Crippen LogP contribution in [0, 0.1) is 10.8 Å². The Morgan fingerprint density at radius 3 is 1.42 bits per heavy atom. The molecular formula is C18H30O6. The van der Waals surface area contributed by atoms with Gasteiger partial charge in [-0.1, -0.05) is 13.8 Å². The third kappa shape index (κ3) is 5.18. The first-order valence-electron chi connectivity index (χ1n) is 9.00. The van der Waals surface area contributed by atoms with Crippen molar-refractivity contribution in [3.05, 3.63) is 0 Å². The van der Waals surface area contributed by atoms with E-state index < -0.39 is 0 Å². The molecule has 0 amide bonds. The molecular weight excluding hydrogens is 312 g/mol. The number of unbranched alkanes of at least 4 members (excludes halogenated alkanes) is 1. The molecule has 0 radical (unpaired) electrons. The van der Waals surface area contributed by atoms with Gasteiger partial charge in [0.25, 0.3) is 0 Å². The second-order valence-corrected chi connectivity index (χ2v) is 7.22. The number of ether oxygens (including phenoxy) is 4. The molecule has 2 aliphatic heterocycles. The Balaban J connectivity index is 1.49. The van der Waals surface area contributed by atoms with E-state index >= 15 is 0 Å². The molecule has 0 saturated carbocycles. The highest BCUT2D eigenvalue weighted by Crippen LogP contribution is 2.32. The highest BCUT2D eigenvalue weighted by molar-refractivity contribution is 5.70. The molecule has 2 fully saturated rings. The van der Waals surface area contributed by atoms with Crippen molar-refractivity contribution in [3.8, 4) is 0 Å². The van der Waals surface area contributed by atoms with Crippen LogP contribution in [0.2, 0.25) is 0 Å². The van der Waals surface area contributed by atoms with Crippen LogP contribution < -0.4 is 0 Å². The van der Waals surface area contributed by atoms with Gasteiger partial charge in [-0.2, -0.15) is 0 Å². The summed E-state index contributed by atoms with van der Waals surface area (Å²) in [4.78, 5) is 23.5. The summed E-state index contributed by atoms with van der Waals surface area (Å²) in [6.45, 7) is 7.73. The molecule has 2 heterocycles. The van der Waals surface area contributed by atoms with Gasteiger partial charge in [0, 0.05) is 12.8 Å². The summed E-state index contributed by atoms with van der Waals surface area (Å²) < 4.78 is 21.1. The first-order valence-corrected chi connectivity index (χ1v) is 9.00. The quantitative estimate of drug-likeness (QED) is 0.424. The molecule has 0 aromatic rings. The number of rotatable bonds is 11. The van der Waals surface area contributed by atoms with E-state index in [0.717, 1.165) is 12.8 Å². The third-order valence-electron chi connectivity index (χ3n) is 5.22. The van der Waals surface area contributed by atoms with Crippen molar-refractivity contribution < 1.29 is 28.5 Å². The lowest BCUT2D eigenvalue weighted by Gasteiger charge is -2.40. The fraction of sp³-hybridized carbons (Fsp3) is 0.889. The lowest BCUT2D eigenvalue weighted by Crippen LogP contribution is -2.46. The van der Waals surface area contributed by atoms with Crippen LogP contribution in [0.4, 0.5) is 0 Å². The van der Waals surface area contributed by atoms with Gasteiger partial charge >= 0.3 is 11.9 Å². The van der Waals surface area contributed by atoms with Gasteiger partial charge in [0.15, 0.2) is 0 Å². The Hall–Kier alpha value is -1.14. The molecule has 0 bridgehead atoms. The molecule has 0 atom stereocenters. The Morgan fingerprint density at radius 1 is 0.792 bits per heavy atom. The smallest absolute Gasteiger partial charge is 0.305 e. The maximum atomic E-state index is 11.7. The summed E-state index contributed by atoms with van der Waals surface area (Å²) >= 11 is 0. The first-order chi connectivity index (χ1) is 11.5. The van der Waals surface area contributed by atoms with Crippen molar-refractivity contribution >= 4 is 11.9 Å². The number of carbonyl (C=O) groups excluding carboxylic acids is 2. The lowest BCUT2D eigenvalue weighted by atomic mass is 9.84. The predicted molar refractivity (Wildman–Crippen MR) is 87.5 cm³/mol. The maximum Gasteiger partial charge on any atom is 0.305 e. The molecule has 0 aromatic carbocycles. The molecule has 6 nitrogen and oxygen atoms in total. The zero-order valence-corrected chi connectivity index (χ0v) is 14.9. The standard InChI is InChI=1S/C18H30O6/c1-3-17(9-21-10-17)13-23-15(19)7-5-6-8-16(20)24-14-18(4-2)11-22-12-18/h3-14H2,1-2H3. The topological polar surface area (TPSA) is 71.1 Å².